The zero-order valence-corrected chi connectivity index (χ0v) is 19.7. The van der Waals surface area contributed by atoms with E-state index in [-0.39, 0.29) is 11.8 Å². The normalized spacial score (nSPS) is 15.8. The summed E-state index contributed by atoms with van der Waals surface area (Å²) < 4.78 is 1.91. The second-order valence-electron chi connectivity index (χ2n) is 8.11. The smallest absolute Gasteiger partial charge is 0.229 e. The van der Waals surface area contributed by atoms with Crippen molar-refractivity contribution >= 4 is 40.6 Å². The van der Waals surface area contributed by atoms with E-state index in [0.717, 1.165) is 36.6 Å². The van der Waals surface area contributed by atoms with Crippen LogP contribution in [0.25, 0.3) is 17.2 Å². The van der Waals surface area contributed by atoms with Gasteiger partial charge in [-0.05, 0) is 37.1 Å². The molecule has 172 valence electrons. The monoisotopic (exact) mass is 492 g/mol. The van der Waals surface area contributed by atoms with E-state index in [4.69, 9.17) is 23.2 Å². The van der Waals surface area contributed by atoms with Crippen molar-refractivity contribution in [2.45, 2.75) is 12.8 Å². The zero-order valence-electron chi connectivity index (χ0n) is 18.2. The summed E-state index contributed by atoms with van der Waals surface area (Å²) in [5.74, 6) is 1.95. The molecule has 0 saturated carbocycles. The number of carbonyl (C=O) groups is 1. The van der Waals surface area contributed by atoms with Crippen LogP contribution in [0.3, 0.4) is 0 Å². The van der Waals surface area contributed by atoms with Gasteiger partial charge in [0.25, 0.3) is 0 Å². The number of benzene rings is 2. The van der Waals surface area contributed by atoms with E-state index >= 15 is 0 Å². The summed E-state index contributed by atoms with van der Waals surface area (Å²) in [6.45, 7) is 1.37. The molecule has 9 heteroatoms. The van der Waals surface area contributed by atoms with Crippen molar-refractivity contribution in [3.63, 3.8) is 0 Å². The predicted molar refractivity (Wildman–Crippen MR) is 135 cm³/mol. The highest BCUT2D eigenvalue weighted by Crippen LogP contribution is 2.31. The molecule has 0 spiro atoms. The molecule has 1 fully saturated rings. The molecule has 0 radical (unpaired) electrons. The molecule has 3 heterocycles. The highest BCUT2D eigenvalue weighted by atomic mass is 35.5. The van der Waals surface area contributed by atoms with Gasteiger partial charge in [-0.3, -0.25) is 9.36 Å². The number of rotatable bonds is 5. The summed E-state index contributed by atoms with van der Waals surface area (Å²) in [5, 5.41) is 12.6. The van der Waals surface area contributed by atoms with Crippen molar-refractivity contribution < 1.29 is 4.79 Å². The highest BCUT2D eigenvalue weighted by molar-refractivity contribution is 6.44. The van der Waals surface area contributed by atoms with Crippen LogP contribution < -0.4 is 10.2 Å². The first-order chi connectivity index (χ1) is 16.6. The molecule has 0 bridgehead atoms. The van der Waals surface area contributed by atoms with Gasteiger partial charge in [0.15, 0.2) is 11.6 Å². The Bertz CT molecular complexity index is 1290. The largest absolute Gasteiger partial charge is 0.354 e. The number of anilines is 2. The third-order valence-corrected chi connectivity index (χ3v) is 6.70. The van der Waals surface area contributed by atoms with E-state index < -0.39 is 0 Å². The van der Waals surface area contributed by atoms with Crippen LogP contribution >= 0.6 is 23.2 Å². The molecule has 4 aromatic rings. The third kappa shape index (κ3) is 4.62. The van der Waals surface area contributed by atoms with E-state index in [9.17, 15) is 4.79 Å². The van der Waals surface area contributed by atoms with Crippen molar-refractivity contribution in [3.05, 3.63) is 83.1 Å². The first kappa shape index (κ1) is 22.4. The molecular weight excluding hydrogens is 471 g/mol. The molecule has 2 aromatic heterocycles. The van der Waals surface area contributed by atoms with Crippen LogP contribution in [0.5, 0.6) is 0 Å². The minimum absolute atomic E-state index is 0.0793. The van der Waals surface area contributed by atoms with Crippen LogP contribution in [0.4, 0.5) is 11.5 Å². The number of piperidine rings is 1. The maximum Gasteiger partial charge on any atom is 0.229 e. The number of nitrogens with one attached hydrogen (secondary N) is 1. The average Bonchev–Trinajstić information content (AvgIpc) is 3.38. The molecule has 34 heavy (non-hydrogen) atoms. The summed E-state index contributed by atoms with van der Waals surface area (Å²) in [5.41, 5.74) is 1.53. The van der Waals surface area contributed by atoms with Gasteiger partial charge in [0.2, 0.25) is 5.91 Å². The Morgan fingerprint density at radius 1 is 0.971 bits per heavy atom. The topological polar surface area (TPSA) is 75.9 Å². The van der Waals surface area contributed by atoms with Crippen LogP contribution in [0.2, 0.25) is 10.0 Å². The molecular formula is C25H22Cl2N6O. The Morgan fingerprint density at radius 3 is 2.56 bits per heavy atom. The number of imidazole rings is 1. The van der Waals surface area contributed by atoms with Crippen molar-refractivity contribution in [3.8, 4) is 17.2 Å². The molecule has 1 aliphatic heterocycles. The standard InChI is InChI=1S/C25H22Cl2N6O/c26-19-9-4-10-20(23(19)27)29-25(34)18-8-5-14-32(16-18)21-11-12-22(31-30-21)33-15-13-28-24(33)17-6-2-1-3-7-17/h1-4,6-7,9-13,15,18H,5,8,14,16H2,(H,29,34). The van der Waals surface area contributed by atoms with E-state index in [2.05, 4.69) is 25.4 Å². The van der Waals surface area contributed by atoms with Gasteiger partial charge in [-0.25, -0.2) is 4.98 Å². The summed E-state index contributed by atoms with van der Waals surface area (Å²) in [6, 6.07) is 19.0. The molecule has 1 atom stereocenters. The van der Waals surface area contributed by atoms with E-state index in [0.29, 0.717) is 28.1 Å². The summed E-state index contributed by atoms with van der Waals surface area (Å²) in [7, 11) is 0. The summed E-state index contributed by atoms with van der Waals surface area (Å²) in [4.78, 5) is 19.5. The number of hydrogen-bond acceptors (Lipinski definition) is 5. The fourth-order valence-electron chi connectivity index (χ4n) is 4.14. The lowest BCUT2D eigenvalue weighted by atomic mass is 9.97. The van der Waals surface area contributed by atoms with Crippen LogP contribution in [-0.2, 0) is 4.79 Å². The second kappa shape index (κ2) is 9.83. The number of nitrogens with zero attached hydrogens (tertiary/aromatic N) is 5. The molecule has 1 aliphatic rings. The molecule has 5 rings (SSSR count). The zero-order chi connectivity index (χ0) is 23.5. The summed E-state index contributed by atoms with van der Waals surface area (Å²) >= 11 is 12.3. The Balaban J connectivity index is 1.29. The van der Waals surface area contributed by atoms with Gasteiger partial charge in [0.1, 0.15) is 5.82 Å². The maximum absolute atomic E-state index is 12.9. The van der Waals surface area contributed by atoms with Crippen LogP contribution in [0.1, 0.15) is 12.8 Å². The predicted octanol–water partition coefficient (Wildman–Crippen LogP) is 5.49. The average molecular weight is 493 g/mol. The fraction of sp³-hybridized carbons (Fsp3) is 0.200. The highest BCUT2D eigenvalue weighted by Gasteiger charge is 2.27. The van der Waals surface area contributed by atoms with Crippen LogP contribution in [-0.4, -0.2) is 38.7 Å². The molecule has 2 aromatic carbocycles. The lowest BCUT2D eigenvalue weighted by Crippen LogP contribution is -2.41. The number of amides is 1. The van der Waals surface area contributed by atoms with Gasteiger partial charge in [-0.15, -0.1) is 10.2 Å². The summed E-state index contributed by atoms with van der Waals surface area (Å²) in [6.07, 6.45) is 5.29. The van der Waals surface area contributed by atoms with Gasteiger partial charge in [-0.1, -0.05) is 59.6 Å². The van der Waals surface area contributed by atoms with E-state index in [1.807, 2.05) is 53.2 Å². The molecule has 7 nitrogen and oxygen atoms in total. The van der Waals surface area contributed by atoms with Gasteiger partial charge in [-0.2, -0.15) is 0 Å². The van der Waals surface area contributed by atoms with Crippen molar-refractivity contribution in [1.29, 1.82) is 0 Å². The van der Waals surface area contributed by atoms with Gasteiger partial charge in [0.05, 0.1) is 21.7 Å². The van der Waals surface area contributed by atoms with Crippen LogP contribution in [0, 0.1) is 5.92 Å². The van der Waals surface area contributed by atoms with Gasteiger partial charge >= 0.3 is 0 Å². The second-order valence-corrected chi connectivity index (χ2v) is 8.90. The molecule has 1 saturated heterocycles. The van der Waals surface area contributed by atoms with E-state index in [1.54, 1.807) is 24.4 Å². The first-order valence-electron chi connectivity index (χ1n) is 11.0. The van der Waals surface area contributed by atoms with Crippen molar-refractivity contribution in [1.82, 2.24) is 19.7 Å². The first-order valence-corrected chi connectivity index (χ1v) is 11.8. The number of hydrogen-bond donors (Lipinski definition) is 1. The molecule has 0 aliphatic carbocycles. The van der Waals surface area contributed by atoms with Gasteiger partial charge in [0, 0.05) is 31.0 Å². The van der Waals surface area contributed by atoms with Crippen LogP contribution in [0.15, 0.2) is 73.1 Å². The quantitative estimate of drug-likeness (QED) is 0.398. The Kier molecular flexibility index (Phi) is 6.47. The lowest BCUT2D eigenvalue weighted by molar-refractivity contribution is -0.120. The van der Waals surface area contributed by atoms with Gasteiger partial charge < -0.3 is 10.2 Å². The minimum atomic E-state index is -0.191. The third-order valence-electron chi connectivity index (χ3n) is 5.88. The number of aromatic nitrogens is 4. The Morgan fingerprint density at radius 2 is 1.76 bits per heavy atom. The van der Waals surface area contributed by atoms with Crippen molar-refractivity contribution in [2.75, 3.05) is 23.3 Å². The van der Waals surface area contributed by atoms with E-state index in [1.165, 1.54) is 0 Å². The molecule has 1 unspecified atom stereocenters. The lowest BCUT2D eigenvalue weighted by Gasteiger charge is -2.32. The molecule has 1 amide bonds. The maximum atomic E-state index is 12.9. The van der Waals surface area contributed by atoms with Crippen molar-refractivity contribution in [2.24, 2.45) is 5.92 Å². The SMILES string of the molecule is O=C(Nc1cccc(Cl)c1Cl)C1CCCN(c2ccc(-n3ccnc3-c3ccccc3)nn2)C1. The number of halogens is 2. The number of carbonyl (C=O) groups excluding carboxylic acids is 1. The minimum Gasteiger partial charge on any atom is -0.354 e. The molecule has 1 N–H and O–H groups in total. The Hall–Kier alpha value is -3.42. The fourth-order valence-corrected chi connectivity index (χ4v) is 4.49. The Labute approximate surface area is 207 Å².